The molecule has 0 fully saturated rings. The van der Waals surface area contributed by atoms with Gasteiger partial charge in [0.05, 0.1) is 5.75 Å². The summed E-state index contributed by atoms with van der Waals surface area (Å²) in [6.45, 7) is 5.07. The summed E-state index contributed by atoms with van der Waals surface area (Å²) in [6, 6.07) is 8.28. The topological polar surface area (TPSA) is 29.1 Å². The van der Waals surface area contributed by atoms with E-state index in [-0.39, 0.29) is 5.91 Å². The predicted molar refractivity (Wildman–Crippen MR) is 79.1 cm³/mol. The minimum atomic E-state index is 0.136. The van der Waals surface area contributed by atoms with Gasteiger partial charge in [-0.25, -0.2) is 0 Å². The molecule has 1 amide bonds. The van der Waals surface area contributed by atoms with Crippen molar-refractivity contribution in [2.45, 2.75) is 44.4 Å². The van der Waals surface area contributed by atoms with Gasteiger partial charge in [0.1, 0.15) is 0 Å². The fourth-order valence-electron chi connectivity index (χ4n) is 1.61. The van der Waals surface area contributed by atoms with Crippen molar-refractivity contribution in [1.29, 1.82) is 0 Å². The van der Waals surface area contributed by atoms with Crippen LogP contribution in [0.15, 0.2) is 29.2 Å². The first kappa shape index (κ1) is 15.1. The standard InChI is InChI=1S/C15H23NOS/c1-3-4-5-6-11-16-15(17)12-18-14-9-7-13(2)8-10-14/h7-10H,3-6,11-12H2,1-2H3,(H,16,17). The van der Waals surface area contributed by atoms with Crippen LogP contribution < -0.4 is 5.32 Å². The van der Waals surface area contributed by atoms with Gasteiger partial charge in [-0.3, -0.25) is 4.79 Å². The molecule has 0 bridgehead atoms. The molecule has 0 spiro atoms. The van der Waals surface area contributed by atoms with Gasteiger partial charge in [0.15, 0.2) is 0 Å². The fourth-order valence-corrected chi connectivity index (χ4v) is 2.34. The largest absolute Gasteiger partial charge is 0.355 e. The van der Waals surface area contributed by atoms with Crippen molar-refractivity contribution in [1.82, 2.24) is 5.32 Å². The molecule has 0 saturated heterocycles. The lowest BCUT2D eigenvalue weighted by Crippen LogP contribution is -2.26. The van der Waals surface area contributed by atoms with Crippen molar-refractivity contribution in [3.8, 4) is 0 Å². The van der Waals surface area contributed by atoms with E-state index in [0.29, 0.717) is 5.75 Å². The van der Waals surface area contributed by atoms with E-state index in [1.54, 1.807) is 11.8 Å². The molecule has 0 aliphatic rings. The molecule has 1 aromatic carbocycles. The van der Waals surface area contributed by atoms with E-state index in [9.17, 15) is 4.79 Å². The highest BCUT2D eigenvalue weighted by molar-refractivity contribution is 8.00. The maximum absolute atomic E-state index is 11.6. The van der Waals surface area contributed by atoms with E-state index in [0.717, 1.165) is 17.9 Å². The second-order valence-corrected chi connectivity index (χ2v) is 5.56. The molecule has 1 N–H and O–H groups in total. The molecule has 0 saturated carbocycles. The van der Waals surface area contributed by atoms with Crippen LogP contribution in [0, 0.1) is 6.92 Å². The zero-order valence-corrected chi connectivity index (χ0v) is 12.2. The van der Waals surface area contributed by atoms with Crippen molar-refractivity contribution in [3.05, 3.63) is 29.8 Å². The van der Waals surface area contributed by atoms with Gasteiger partial charge < -0.3 is 5.32 Å². The third-order valence-electron chi connectivity index (χ3n) is 2.74. The summed E-state index contributed by atoms with van der Waals surface area (Å²) in [5, 5.41) is 2.96. The van der Waals surface area contributed by atoms with Crippen molar-refractivity contribution >= 4 is 17.7 Å². The summed E-state index contributed by atoms with van der Waals surface area (Å²) in [6.07, 6.45) is 4.79. The molecule has 0 aromatic heterocycles. The van der Waals surface area contributed by atoms with Crippen LogP contribution in [-0.2, 0) is 4.79 Å². The Morgan fingerprint density at radius 2 is 1.89 bits per heavy atom. The lowest BCUT2D eigenvalue weighted by Gasteiger charge is -2.05. The van der Waals surface area contributed by atoms with Gasteiger partial charge in [-0.05, 0) is 25.5 Å². The number of aryl methyl sites for hydroxylation is 1. The Balaban J connectivity index is 2.11. The highest BCUT2D eigenvalue weighted by atomic mass is 32.2. The Hall–Kier alpha value is -0.960. The van der Waals surface area contributed by atoms with Gasteiger partial charge in [0.2, 0.25) is 5.91 Å². The molecule has 3 heteroatoms. The molecular weight excluding hydrogens is 242 g/mol. The Bertz CT molecular complexity index is 348. The molecular formula is C15H23NOS. The summed E-state index contributed by atoms with van der Waals surface area (Å²) in [7, 11) is 0. The normalized spacial score (nSPS) is 10.3. The van der Waals surface area contributed by atoms with Gasteiger partial charge in [-0.1, -0.05) is 43.9 Å². The number of hydrogen-bond acceptors (Lipinski definition) is 2. The average Bonchev–Trinajstić information content (AvgIpc) is 2.38. The molecule has 0 aliphatic heterocycles. The van der Waals surface area contributed by atoms with Gasteiger partial charge >= 0.3 is 0 Å². The third kappa shape index (κ3) is 6.70. The maximum Gasteiger partial charge on any atom is 0.230 e. The number of carbonyl (C=O) groups excluding carboxylic acids is 1. The molecule has 1 aromatic rings. The van der Waals surface area contributed by atoms with Crippen LogP contribution in [0.4, 0.5) is 0 Å². The van der Waals surface area contributed by atoms with Crippen LogP contribution >= 0.6 is 11.8 Å². The highest BCUT2D eigenvalue weighted by Crippen LogP contribution is 2.17. The van der Waals surface area contributed by atoms with Crippen molar-refractivity contribution in [2.24, 2.45) is 0 Å². The second kappa shape index (κ2) is 9.03. The highest BCUT2D eigenvalue weighted by Gasteiger charge is 2.01. The number of amides is 1. The number of unbranched alkanes of at least 4 members (excludes halogenated alkanes) is 3. The molecule has 0 heterocycles. The lowest BCUT2D eigenvalue weighted by atomic mass is 10.2. The number of rotatable bonds is 8. The molecule has 0 unspecified atom stereocenters. The fraction of sp³-hybridized carbons (Fsp3) is 0.533. The summed E-state index contributed by atoms with van der Waals surface area (Å²) in [4.78, 5) is 12.7. The Morgan fingerprint density at radius 1 is 1.17 bits per heavy atom. The van der Waals surface area contributed by atoms with Crippen LogP contribution in [0.1, 0.15) is 38.2 Å². The summed E-state index contributed by atoms with van der Waals surface area (Å²) >= 11 is 1.59. The van der Waals surface area contributed by atoms with Crippen molar-refractivity contribution < 1.29 is 4.79 Å². The molecule has 0 atom stereocenters. The third-order valence-corrected chi connectivity index (χ3v) is 3.76. The SMILES string of the molecule is CCCCCCNC(=O)CSc1ccc(C)cc1. The van der Waals surface area contributed by atoms with Crippen LogP contribution in [0.25, 0.3) is 0 Å². The number of nitrogens with one attached hydrogen (secondary N) is 1. The van der Waals surface area contributed by atoms with Crippen LogP contribution in [0.2, 0.25) is 0 Å². The van der Waals surface area contributed by atoms with Crippen LogP contribution in [0.5, 0.6) is 0 Å². The molecule has 100 valence electrons. The van der Waals surface area contributed by atoms with E-state index in [4.69, 9.17) is 0 Å². The first-order valence-corrected chi connectivity index (χ1v) is 7.67. The van der Waals surface area contributed by atoms with E-state index < -0.39 is 0 Å². The summed E-state index contributed by atoms with van der Waals surface area (Å²) < 4.78 is 0. The first-order chi connectivity index (χ1) is 8.72. The number of benzene rings is 1. The number of hydrogen-bond donors (Lipinski definition) is 1. The Morgan fingerprint density at radius 3 is 2.56 bits per heavy atom. The maximum atomic E-state index is 11.6. The molecule has 0 aliphatic carbocycles. The van der Waals surface area contributed by atoms with E-state index >= 15 is 0 Å². The molecule has 0 radical (unpaired) electrons. The van der Waals surface area contributed by atoms with E-state index in [2.05, 4.69) is 43.4 Å². The molecule has 18 heavy (non-hydrogen) atoms. The quantitative estimate of drug-likeness (QED) is 0.572. The minimum absolute atomic E-state index is 0.136. The summed E-state index contributed by atoms with van der Waals surface area (Å²) in [5.74, 6) is 0.647. The molecule has 2 nitrogen and oxygen atoms in total. The van der Waals surface area contributed by atoms with E-state index in [1.807, 2.05) is 0 Å². The van der Waals surface area contributed by atoms with Gasteiger partial charge in [-0.15, -0.1) is 11.8 Å². The van der Waals surface area contributed by atoms with E-state index in [1.165, 1.54) is 24.8 Å². The van der Waals surface area contributed by atoms with Gasteiger partial charge in [0, 0.05) is 11.4 Å². The number of carbonyl (C=O) groups is 1. The van der Waals surface area contributed by atoms with Gasteiger partial charge in [-0.2, -0.15) is 0 Å². The predicted octanol–water partition coefficient (Wildman–Crippen LogP) is 3.78. The first-order valence-electron chi connectivity index (χ1n) is 6.68. The van der Waals surface area contributed by atoms with Crippen LogP contribution in [0.3, 0.4) is 0 Å². The number of thioether (sulfide) groups is 1. The Labute approximate surface area is 115 Å². The Kier molecular flexibility index (Phi) is 7.58. The van der Waals surface area contributed by atoms with Crippen molar-refractivity contribution in [2.75, 3.05) is 12.3 Å². The van der Waals surface area contributed by atoms with Gasteiger partial charge in [0.25, 0.3) is 0 Å². The smallest absolute Gasteiger partial charge is 0.230 e. The summed E-state index contributed by atoms with van der Waals surface area (Å²) in [5.41, 5.74) is 1.25. The zero-order chi connectivity index (χ0) is 13.2. The lowest BCUT2D eigenvalue weighted by molar-refractivity contribution is -0.118. The second-order valence-electron chi connectivity index (χ2n) is 4.51. The minimum Gasteiger partial charge on any atom is -0.355 e. The zero-order valence-electron chi connectivity index (χ0n) is 11.4. The molecule has 1 rings (SSSR count). The average molecular weight is 265 g/mol. The monoisotopic (exact) mass is 265 g/mol. The van der Waals surface area contributed by atoms with Crippen molar-refractivity contribution in [3.63, 3.8) is 0 Å². The van der Waals surface area contributed by atoms with Crippen LogP contribution in [-0.4, -0.2) is 18.2 Å².